The molecule has 0 aliphatic heterocycles. The first-order valence-corrected chi connectivity index (χ1v) is 7.08. The van der Waals surface area contributed by atoms with E-state index in [1.807, 2.05) is 0 Å². The molecule has 0 aliphatic rings. The van der Waals surface area contributed by atoms with Gasteiger partial charge in [0.15, 0.2) is 5.13 Å². The van der Waals surface area contributed by atoms with Crippen molar-refractivity contribution in [2.75, 3.05) is 11.9 Å². The van der Waals surface area contributed by atoms with Gasteiger partial charge >= 0.3 is 0 Å². The molecule has 0 bridgehead atoms. The lowest BCUT2D eigenvalue weighted by Crippen LogP contribution is -2.02. The summed E-state index contributed by atoms with van der Waals surface area (Å²) in [5.41, 5.74) is 9.00. The minimum absolute atomic E-state index is 0.565. The van der Waals surface area contributed by atoms with Crippen molar-refractivity contribution in [1.29, 1.82) is 0 Å². The summed E-state index contributed by atoms with van der Waals surface area (Å²) in [6.45, 7) is 5.04. The standard InChI is InChI=1S/C14H19N3S/c1-10(2)11-3-5-12(6-4-11)16-14-17-13(7-8-15)9-18-14/h3-6,9-10H,7-8,15H2,1-2H3,(H,16,17). The Morgan fingerprint density at radius 2 is 2.00 bits per heavy atom. The fraction of sp³-hybridized carbons (Fsp3) is 0.357. The zero-order valence-electron chi connectivity index (χ0n) is 10.8. The fourth-order valence-corrected chi connectivity index (χ4v) is 2.47. The molecular formula is C14H19N3S. The van der Waals surface area contributed by atoms with E-state index in [9.17, 15) is 0 Å². The molecule has 2 rings (SSSR count). The molecule has 0 radical (unpaired) electrons. The molecule has 1 heterocycles. The van der Waals surface area contributed by atoms with Crippen molar-refractivity contribution in [3.8, 4) is 0 Å². The predicted octanol–water partition coefficient (Wildman–Crippen LogP) is 3.51. The number of nitrogens with two attached hydrogens (primary N) is 1. The first-order valence-electron chi connectivity index (χ1n) is 6.20. The van der Waals surface area contributed by atoms with Crippen LogP contribution in [0.15, 0.2) is 29.6 Å². The van der Waals surface area contributed by atoms with Gasteiger partial charge in [0, 0.05) is 17.5 Å². The molecule has 96 valence electrons. The quantitative estimate of drug-likeness (QED) is 0.866. The molecule has 0 unspecified atom stereocenters. The third-order valence-electron chi connectivity index (χ3n) is 2.78. The van der Waals surface area contributed by atoms with Gasteiger partial charge in [-0.25, -0.2) is 4.98 Å². The van der Waals surface area contributed by atoms with Crippen LogP contribution < -0.4 is 11.1 Å². The van der Waals surface area contributed by atoms with E-state index in [0.717, 1.165) is 22.9 Å². The van der Waals surface area contributed by atoms with Crippen LogP contribution in [-0.2, 0) is 6.42 Å². The molecule has 0 saturated carbocycles. The molecule has 3 nitrogen and oxygen atoms in total. The second kappa shape index (κ2) is 5.98. The molecule has 2 aromatic rings. The van der Waals surface area contributed by atoms with E-state index in [0.29, 0.717) is 12.5 Å². The fourth-order valence-electron chi connectivity index (χ4n) is 1.70. The summed E-state index contributed by atoms with van der Waals surface area (Å²) in [6, 6.07) is 8.50. The largest absolute Gasteiger partial charge is 0.332 e. The Balaban J connectivity index is 2.03. The summed E-state index contributed by atoms with van der Waals surface area (Å²) < 4.78 is 0. The molecule has 0 atom stereocenters. The van der Waals surface area contributed by atoms with E-state index < -0.39 is 0 Å². The van der Waals surface area contributed by atoms with E-state index in [-0.39, 0.29) is 0 Å². The predicted molar refractivity (Wildman–Crippen MR) is 78.7 cm³/mol. The average Bonchev–Trinajstić information content (AvgIpc) is 2.78. The Bertz CT molecular complexity index is 488. The molecule has 0 amide bonds. The van der Waals surface area contributed by atoms with Crippen LogP contribution in [0.3, 0.4) is 0 Å². The summed E-state index contributed by atoms with van der Waals surface area (Å²) in [5, 5.41) is 6.30. The van der Waals surface area contributed by atoms with Crippen molar-refractivity contribution < 1.29 is 0 Å². The second-order valence-corrected chi connectivity index (χ2v) is 5.44. The van der Waals surface area contributed by atoms with Gasteiger partial charge < -0.3 is 11.1 Å². The Labute approximate surface area is 112 Å². The summed E-state index contributed by atoms with van der Waals surface area (Å²) in [5.74, 6) is 0.565. The van der Waals surface area contributed by atoms with Crippen molar-refractivity contribution in [2.45, 2.75) is 26.2 Å². The molecular weight excluding hydrogens is 242 g/mol. The number of anilines is 2. The van der Waals surface area contributed by atoms with Crippen molar-refractivity contribution in [2.24, 2.45) is 5.73 Å². The van der Waals surface area contributed by atoms with E-state index in [1.165, 1.54) is 5.56 Å². The molecule has 18 heavy (non-hydrogen) atoms. The lowest BCUT2D eigenvalue weighted by Gasteiger charge is -2.07. The zero-order chi connectivity index (χ0) is 13.0. The number of hydrogen-bond donors (Lipinski definition) is 2. The maximum Gasteiger partial charge on any atom is 0.187 e. The van der Waals surface area contributed by atoms with E-state index >= 15 is 0 Å². The van der Waals surface area contributed by atoms with Crippen LogP contribution in [0.4, 0.5) is 10.8 Å². The number of hydrogen-bond acceptors (Lipinski definition) is 4. The van der Waals surface area contributed by atoms with Gasteiger partial charge in [0.05, 0.1) is 5.69 Å². The Kier molecular flexibility index (Phi) is 4.33. The van der Waals surface area contributed by atoms with Crippen molar-refractivity contribution in [3.05, 3.63) is 40.9 Å². The smallest absolute Gasteiger partial charge is 0.187 e. The lowest BCUT2D eigenvalue weighted by atomic mass is 10.0. The van der Waals surface area contributed by atoms with Gasteiger partial charge in [0.25, 0.3) is 0 Å². The minimum Gasteiger partial charge on any atom is -0.332 e. The maximum atomic E-state index is 5.51. The van der Waals surface area contributed by atoms with E-state index in [1.54, 1.807) is 11.3 Å². The van der Waals surface area contributed by atoms with Crippen molar-refractivity contribution >= 4 is 22.2 Å². The summed E-state index contributed by atoms with van der Waals surface area (Å²) in [6.07, 6.45) is 0.838. The number of nitrogens with one attached hydrogen (secondary N) is 1. The third kappa shape index (κ3) is 3.31. The van der Waals surface area contributed by atoms with E-state index in [2.05, 4.69) is 53.8 Å². The first kappa shape index (κ1) is 13.1. The highest BCUT2D eigenvalue weighted by molar-refractivity contribution is 7.13. The number of nitrogens with zero attached hydrogens (tertiary/aromatic N) is 1. The monoisotopic (exact) mass is 261 g/mol. The summed E-state index contributed by atoms with van der Waals surface area (Å²) in [4.78, 5) is 4.48. The van der Waals surface area contributed by atoms with E-state index in [4.69, 9.17) is 5.73 Å². The average molecular weight is 261 g/mol. The minimum atomic E-state index is 0.565. The lowest BCUT2D eigenvalue weighted by molar-refractivity contribution is 0.867. The van der Waals surface area contributed by atoms with Gasteiger partial charge in [-0.3, -0.25) is 0 Å². The van der Waals surface area contributed by atoms with Crippen molar-refractivity contribution in [1.82, 2.24) is 4.98 Å². The highest BCUT2D eigenvalue weighted by Crippen LogP contribution is 2.23. The zero-order valence-corrected chi connectivity index (χ0v) is 11.6. The molecule has 1 aromatic heterocycles. The van der Waals surface area contributed by atoms with Crippen LogP contribution in [0.25, 0.3) is 0 Å². The van der Waals surface area contributed by atoms with Crippen LogP contribution in [0, 0.1) is 0 Å². The van der Waals surface area contributed by atoms with Crippen LogP contribution in [0.5, 0.6) is 0 Å². The molecule has 0 fully saturated rings. The molecule has 0 saturated heterocycles. The topological polar surface area (TPSA) is 50.9 Å². The normalized spacial score (nSPS) is 10.9. The van der Waals surface area contributed by atoms with Gasteiger partial charge in [0.2, 0.25) is 0 Å². The Morgan fingerprint density at radius 1 is 1.28 bits per heavy atom. The van der Waals surface area contributed by atoms with Crippen LogP contribution >= 0.6 is 11.3 Å². The summed E-state index contributed by atoms with van der Waals surface area (Å²) >= 11 is 1.62. The molecule has 0 spiro atoms. The van der Waals surface area contributed by atoms with Gasteiger partial charge in [0.1, 0.15) is 0 Å². The Hall–Kier alpha value is -1.39. The van der Waals surface area contributed by atoms with Crippen LogP contribution in [0.2, 0.25) is 0 Å². The van der Waals surface area contributed by atoms with Crippen LogP contribution in [0.1, 0.15) is 31.0 Å². The summed E-state index contributed by atoms with van der Waals surface area (Å²) in [7, 11) is 0. The highest BCUT2D eigenvalue weighted by Gasteiger charge is 2.03. The number of benzene rings is 1. The Morgan fingerprint density at radius 3 is 2.61 bits per heavy atom. The van der Waals surface area contributed by atoms with Gasteiger partial charge in [-0.05, 0) is 30.2 Å². The van der Waals surface area contributed by atoms with Crippen molar-refractivity contribution in [3.63, 3.8) is 0 Å². The number of rotatable bonds is 5. The number of thiazole rings is 1. The second-order valence-electron chi connectivity index (χ2n) is 4.58. The molecule has 1 aromatic carbocycles. The number of aromatic nitrogens is 1. The SMILES string of the molecule is CC(C)c1ccc(Nc2nc(CCN)cs2)cc1. The van der Waals surface area contributed by atoms with Gasteiger partial charge in [-0.2, -0.15) is 0 Å². The van der Waals surface area contributed by atoms with Gasteiger partial charge in [-0.15, -0.1) is 11.3 Å². The van der Waals surface area contributed by atoms with Gasteiger partial charge in [-0.1, -0.05) is 26.0 Å². The highest BCUT2D eigenvalue weighted by atomic mass is 32.1. The van der Waals surface area contributed by atoms with Crippen LogP contribution in [-0.4, -0.2) is 11.5 Å². The maximum absolute atomic E-state index is 5.51. The molecule has 4 heteroatoms. The molecule has 3 N–H and O–H groups in total. The third-order valence-corrected chi connectivity index (χ3v) is 3.59. The first-order chi connectivity index (χ1) is 8.69. The molecule has 0 aliphatic carbocycles.